The van der Waals surface area contributed by atoms with Gasteiger partial charge in [0.15, 0.2) is 0 Å². The Bertz CT molecular complexity index is 331. The third kappa shape index (κ3) is 4.17. The molecule has 0 bridgehead atoms. The topological polar surface area (TPSA) is 34.4 Å². The van der Waals surface area contributed by atoms with Crippen molar-refractivity contribution >= 4 is 0 Å². The molecular weight excluding hydrogens is 214 g/mol. The molecule has 3 nitrogen and oxygen atoms in total. The van der Waals surface area contributed by atoms with Crippen LogP contribution in [0.3, 0.4) is 0 Å². The summed E-state index contributed by atoms with van der Waals surface area (Å²) in [4.78, 5) is 0. The first-order valence-corrected chi connectivity index (χ1v) is 6.69. The summed E-state index contributed by atoms with van der Waals surface area (Å²) < 4.78 is 11.3. The quantitative estimate of drug-likeness (QED) is 0.753. The monoisotopic (exact) mass is 237 g/mol. The molecule has 0 aliphatic heterocycles. The van der Waals surface area contributed by atoms with Crippen molar-refractivity contribution in [2.75, 3.05) is 0 Å². The number of furan rings is 1. The third-order valence-electron chi connectivity index (χ3n) is 3.18. The van der Waals surface area contributed by atoms with Crippen LogP contribution in [-0.2, 0) is 17.9 Å². The summed E-state index contributed by atoms with van der Waals surface area (Å²) in [5.41, 5.74) is 1.18. The van der Waals surface area contributed by atoms with E-state index in [1.165, 1.54) is 24.8 Å². The Hall–Kier alpha value is -0.800. The molecule has 1 saturated carbocycles. The highest BCUT2D eigenvalue weighted by atomic mass is 16.5. The maximum atomic E-state index is 5.80. The van der Waals surface area contributed by atoms with Gasteiger partial charge in [0.2, 0.25) is 0 Å². The van der Waals surface area contributed by atoms with E-state index in [1.54, 1.807) is 6.26 Å². The van der Waals surface area contributed by atoms with Crippen molar-refractivity contribution in [3.05, 3.63) is 23.7 Å². The molecule has 2 rings (SSSR count). The Morgan fingerprint density at radius 2 is 2.35 bits per heavy atom. The summed E-state index contributed by atoms with van der Waals surface area (Å²) in [5.74, 6) is 1.03. The summed E-state index contributed by atoms with van der Waals surface area (Å²) in [6, 6.07) is 2.73. The highest BCUT2D eigenvalue weighted by molar-refractivity contribution is 5.16. The van der Waals surface area contributed by atoms with Crippen molar-refractivity contribution in [2.24, 2.45) is 0 Å². The van der Waals surface area contributed by atoms with Crippen molar-refractivity contribution in [3.8, 4) is 0 Å². The van der Waals surface area contributed by atoms with E-state index in [2.05, 4.69) is 19.2 Å². The minimum Gasteiger partial charge on any atom is -0.468 e. The van der Waals surface area contributed by atoms with Crippen molar-refractivity contribution < 1.29 is 9.15 Å². The zero-order chi connectivity index (χ0) is 12.1. The van der Waals surface area contributed by atoms with Gasteiger partial charge >= 0.3 is 0 Å². The first-order chi connectivity index (χ1) is 8.29. The van der Waals surface area contributed by atoms with Gasteiger partial charge in [0.05, 0.1) is 25.5 Å². The molecule has 1 fully saturated rings. The summed E-state index contributed by atoms with van der Waals surface area (Å²) in [6.45, 7) is 5.81. The molecule has 0 radical (unpaired) electrons. The van der Waals surface area contributed by atoms with Crippen LogP contribution in [0.4, 0.5) is 0 Å². The molecule has 1 aliphatic carbocycles. The van der Waals surface area contributed by atoms with E-state index < -0.39 is 0 Å². The highest BCUT2D eigenvalue weighted by Gasteiger charge is 2.21. The number of hydrogen-bond donors (Lipinski definition) is 1. The first kappa shape index (κ1) is 12.7. The number of hydrogen-bond acceptors (Lipinski definition) is 3. The lowest BCUT2D eigenvalue weighted by Gasteiger charge is -2.11. The van der Waals surface area contributed by atoms with Crippen molar-refractivity contribution in [1.82, 2.24) is 5.32 Å². The molecule has 3 heteroatoms. The second-order valence-corrected chi connectivity index (χ2v) is 4.93. The van der Waals surface area contributed by atoms with E-state index in [0.717, 1.165) is 18.7 Å². The minimum atomic E-state index is 0.333. The second-order valence-electron chi connectivity index (χ2n) is 4.93. The van der Waals surface area contributed by atoms with Gasteiger partial charge in [-0.1, -0.05) is 13.3 Å². The highest BCUT2D eigenvalue weighted by Crippen LogP contribution is 2.20. The van der Waals surface area contributed by atoms with Gasteiger partial charge in [-0.2, -0.15) is 0 Å². The molecule has 0 saturated heterocycles. The third-order valence-corrected chi connectivity index (χ3v) is 3.18. The van der Waals surface area contributed by atoms with Crippen molar-refractivity contribution in [3.63, 3.8) is 0 Å². The van der Waals surface area contributed by atoms with Crippen molar-refractivity contribution in [2.45, 2.75) is 64.8 Å². The first-order valence-electron chi connectivity index (χ1n) is 6.69. The summed E-state index contributed by atoms with van der Waals surface area (Å²) in [7, 11) is 0. The SMILES string of the molecule is CCCC(C)OCc1ccoc1CNC1CC1. The van der Waals surface area contributed by atoms with Gasteiger partial charge in [0, 0.05) is 11.6 Å². The number of rotatable bonds is 8. The van der Waals surface area contributed by atoms with Crippen LogP contribution in [0, 0.1) is 0 Å². The fourth-order valence-electron chi connectivity index (χ4n) is 1.90. The Labute approximate surface area is 104 Å². The second kappa shape index (κ2) is 6.22. The van der Waals surface area contributed by atoms with E-state index in [9.17, 15) is 0 Å². The lowest BCUT2D eigenvalue weighted by atomic mass is 10.2. The van der Waals surface area contributed by atoms with Crippen LogP contribution in [0.1, 0.15) is 50.9 Å². The molecular formula is C14H23NO2. The van der Waals surface area contributed by atoms with Gasteiger partial charge in [-0.15, -0.1) is 0 Å². The molecule has 1 unspecified atom stereocenters. The molecule has 0 spiro atoms. The molecule has 1 aromatic rings. The maximum Gasteiger partial charge on any atom is 0.123 e. The predicted octanol–water partition coefficient (Wildman–Crippen LogP) is 3.24. The molecule has 1 N–H and O–H groups in total. The zero-order valence-corrected chi connectivity index (χ0v) is 10.9. The Kier molecular flexibility index (Phi) is 4.63. The van der Waals surface area contributed by atoms with Gasteiger partial charge in [-0.3, -0.25) is 0 Å². The largest absolute Gasteiger partial charge is 0.468 e. The molecule has 0 amide bonds. The van der Waals surface area contributed by atoms with Crippen LogP contribution in [0.15, 0.2) is 16.7 Å². The maximum absolute atomic E-state index is 5.80. The molecule has 1 aromatic heterocycles. The molecule has 1 atom stereocenters. The lowest BCUT2D eigenvalue weighted by Crippen LogP contribution is -2.16. The van der Waals surface area contributed by atoms with E-state index in [4.69, 9.17) is 9.15 Å². The zero-order valence-electron chi connectivity index (χ0n) is 10.9. The van der Waals surface area contributed by atoms with Crippen LogP contribution in [-0.4, -0.2) is 12.1 Å². The summed E-state index contributed by atoms with van der Waals surface area (Å²) in [5, 5.41) is 3.46. The molecule has 96 valence electrons. The lowest BCUT2D eigenvalue weighted by molar-refractivity contribution is 0.0463. The summed E-state index contributed by atoms with van der Waals surface area (Å²) >= 11 is 0. The summed E-state index contributed by atoms with van der Waals surface area (Å²) in [6.07, 6.45) is 6.99. The number of nitrogens with one attached hydrogen (secondary N) is 1. The van der Waals surface area contributed by atoms with Crippen LogP contribution < -0.4 is 5.32 Å². The molecule has 1 heterocycles. The normalized spacial score (nSPS) is 17.3. The Morgan fingerprint density at radius 3 is 3.06 bits per heavy atom. The Morgan fingerprint density at radius 1 is 1.53 bits per heavy atom. The average Bonchev–Trinajstić information content (AvgIpc) is 3.03. The van der Waals surface area contributed by atoms with Crippen LogP contribution in [0.25, 0.3) is 0 Å². The standard InChI is InChI=1S/C14H23NO2/c1-3-4-11(2)17-10-12-7-8-16-14(12)9-15-13-5-6-13/h7-8,11,13,15H,3-6,9-10H2,1-2H3. The van der Waals surface area contributed by atoms with Gasteiger partial charge in [0.1, 0.15) is 5.76 Å². The predicted molar refractivity (Wildman–Crippen MR) is 67.7 cm³/mol. The minimum absolute atomic E-state index is 0.333. The van der Waals surface area contributed by atoms with Gasteiger partial charge < -0.3 is 14.5 Å². The van der Waals surface area contributed by atoms with Crippen LogP contribution in [0.2, 0.25) is 0 Å². The van der Waals surface area contributed by atoms with E-state index in [1.807, 2.05) is 6.07 Å². The Balaban J connectivity index is 1.76. The van der Waals surface area contributed by atoms with Crippen LogP contribution in [0.5, 0.6) is 0 Å². The van der Waals surface area contributed by atoms with E-state index in [-0.39, 0.29) is 0 Å². The number of ether oxygens (including phenoxy) is 1. The van der Waals surface area contributed by atoms with E-state index in [0.29, 0.717) is 18.8 Å². The smallest absolute Gasteiger partial charge is 0.123 e. The molecule has 0 aromatic carbocycles. The van der Waals surface area contributed by atoms with Crippen LogP contribution >= 0.6 is 0 Å². The fourth-order valence-corrected chi connectivity index (χ4v) is 1.90. The van der Waals surface area contributed by atoms with Gasteiger partial charge in [-0.05, 0) is 32.3 Å². The molecule has 1 aliphatic rings. The van der Waals surface area contributed by atoms with Gasteiger partial charge in [-0.25, -0.2) is 0 Å². The van der Waals surface area contributed by atoms with Crippen molar-refractivity contribution in [1.29, 1.82) is 0 Å². The van der Waals surface area contributed by atoms with E-state index >= 15 is 0 Å². The van der Waals surface area contributed by atoms with Gasteiger partial charge in [0.25, 0.3) is 0 Å². The fraction of sp³-hybridized carbons (Fsp3) is 0.714. The average molecular weight is 237 g/mol. The molecule has 17 heavy (non-hydrogen) atoms.